The second-order valence-electron chi connectivity index (χ2n) is 5.79. The first kappa shape index (κ1) is 17.8. The zero-order chi connectivity index (χ0) is 15.2. The number of hydrogen-bond donors (Lipinski definition) is 0. The Morgan fingerprint density at radius 2 is 1.60 bits per heavy atom. The summed E-state index contributed by atoms with van der Waals surface area (Å²) in [6, 6.07) is 3.94. The summed E-state index contributed by atoms with van der Waals surface area (Å²) in [6.45, 7) is 9.37. The van der Waals surface area contributed by atoms with Crippen LogP contribution in [0, 0.1) is 19.3 Å². The molecule has 0 saturated heterocycles. The van der Waals surface area contributed by atoms with Crippen molar-refractivity contribution in [2.75, 3.05) is 11.9 Å². The highest BCUT2D eigenvalue weighted by Gasteiger charge is 2.28. The molecule has 1 aromatic rings. The van der Waals surface area contributed by atoms with Crippen LogP contribution in [0.3, 0.4) is 0 Å². The molecule has 0 radical (unpaired) electrons. The quantitative estimate of drug-likeness (QED) is 0.492. The van der Waals surface area contributed by atoms with E-state index in [0.29, 0.717) is 0 Å². The summed E-state index contributed by atoms with van der Waals surface area (Å²) in [4.78, 5) is 0. The fourth-order valence-corrected chi connectivity index (χ4v) is 3.90. The lowest BCUT2D eigenvalue weighted by Gasteiger charge is -2.32. The first-order chi connectivity index (χ1) is 9.48. The van der Waals surface area contributed by atoms with E-state index in [1.807, 2.05) is 12.1 Å². The zero-order valence-corrected chi connectivity index (χ0v) is 15.4. The number of benzene rings is 1. The van der Waals surface area contributed by atoms with E-state index in [0.717, 1.165) is 33.8 Å². The molecular weight excluding hydrogens is 336 g/mol. The van der Waals surface area contributed by atoms with Crippen molar-refractivity contribution in [2.24, 2.45) is 5.41 Å². The lowest BCUT2D eigenvalue weighted by Crippen LogP contribution is -2.30. The molecule has 114 valence electrons. The van der Waals surface area contributed by atoms with Gasteiger partial charge in [-0.1, -0.05) is 54.2 Å². The molecule has 1 nitrogen and oxygen atoms in total. The van der Waals surface area contributed by atoms with Crippen molar-refractivity contribution in [1.29, 1.82) is 0 Å². The highest BCUT2D eigenvalue weighted by Crippen LogP contribution is 2.35. The molecule has 0 N–H and O–H groups in total. The Kier molecular flexibility index (Phi) is 7.39. The van der Waals surface area contributed by atoms with E-state index in [-0.39, 0.29) is 5.41 Å². The summed E-state index contributed by atoms with van der Waals surface area (Å²) in [5.41, 5.74) is 2.47. The molecule has 1 aromatic carbocycles. The van der Waals surface area contributed by atoms with Gasteiger partial charge in [-0.25, -0.2) is 0 Å². The Morgan fingerprint density at radius 1 is 1.10 bits per heavy atom. The summed E-state index contributed by atoms with van der Waals surface area (Å²) in [5.74, 6) is 0.993. The van der Waals surface area contributed by atoms with Crippen molar-refractivity contribution in [2.45, 2.75) is 53.4 Å². The van der Waals surface area contributed by atoms with E-state index in [1.165, 1.54) is 25.7 Å². The van der Waals surface area contributed by atoms with E-state index in [9.17, 15) is 0 Å². The number of alkyl halides is 1. The monoisotopic (exact) mass is 360 g/mol. The number of hydrogen-bond acceptors (Lipinski definition) is 1. The molecule has 3 heteroatoms. The average Bonchev–Trinajstić information content (AvgIpc) is 2.37. The molecule has 0 amide bonds. The second-order valence-corrected chi connectivity index (χ2v) is 6.79. The summed E-state index contributed by atoms with van der Waals surface area (Å²) in [5, 5.41) is 1.77. The first-order valence-electron chi connectivity index (χ1n) is 7.43. The normalized spacial score (nSPS) is 11.7. The van der Waals surface area contributed by atoms with E-state index >= 15 is 0 Å². The van der Waals surface area contributed by atoms with Crippen LogP contribution >= 0.6 is 27.5 Å². The number of aryl methyl sites for hydroxylation is 2. The van der Waals surface area contributed by atoms with Gasteiger partial charge in [0, 0.05) is 15.8 Å². The van der Waals surface area contributed by atoms with Crippen molar-refractivity contribution >= 4 is 27.5 Å². The molecule has 0 spiro atoms. The third-order valence-electron chi connectivity index (χ3n) is 3.79. The van der Waals surface area contributed by atoms with Crippen LogP contribution in [-0.2, 0) is 0 Å². The molecule has 0 saturated carbocycles. The number of rotatable bonds is 8. The third-order valence-corrected chi connectivity index (χ3v) is 5.20. The Balaban J connectivity index is 2.87. The van der Waals surface area contributed by atoms with Gasteiger partial charge in [0.15, 0.2) is 0 Å². The predicted octanol–water partition coefficient (Wildman–Crippen LogP) is 6.32. The minimum atomic E-state index is 0.238. The maximum Gasteiger partial charge on any atom is 0.125 e. The van der Waals surface area contributed by atoms with Crippen molar-refractivity contribution in [3.05, 3.63) is 28.3 Å². The molecule has 0 aliphatic heterocycles. The summed E-state index contributed by atoms with van der Waals surface area (Å²) in [6.07, 6.45) is 4.76. The van der Waals surface area contributed by atoms with Crippen molar-refractivity contribution in [3.63, 3.8) is 0 Å². The van der Waals surface area contributed by atoms with Gasteiger partial charge < -0.3 is 4.74 Å². The van der Waals surface area contributed by atoms with Crippen LogP contribution in [0.5, 0.6) is 5.75 Å². The van der Waals surface area contributed by atoms with Gasteiger partial charge in [0.25, 0.3) is 0 Å². The van der Waals surface area contributed by atoms with Crippen LogP contribution in [-0.4, -0.2) is 11.9 Å². The summed E-state index contributed by atoms with van der Waals surface area (Å²) < 4.78 is 6.20. The van der Waals surface area contributed by atoms with Gasteiger partial charge in [-0.2, -0.15) is 0 Å². The Labute approximate surface area is 137 Å². The van der Waals surface area contributed by atoms with Crippen LogP contribution in [0.25, 0.3) is 0 Å². The largest absolute Gasteiger partial charge is 0.492 e. The van der Waals surface area contributed by atoms with Crippen molar-refractivity contribution in [3.8, 4) is 5.75 Å². The first-order valence-corrected chi connectivity index (χ1v) is 8.93. The zero-order valence-electron chi connectivity index (χ0n) is 13.1. The molecule has 0 aliphatic carbocycles. The molecule has 0 atom stereocenters. The van der Waals surface area contributed by atoms with Gasteiger partial charge in [-0.3, -0.25) is 0 Å². The molecule has 0 fully saturated rings. The second kappa shape index (κ2) is 8.29. The Hall–Kier alpha value is -0.210. The topological polar surface area (TPSA) is 9.23 Å². The van der Waals surface area contributed by atoms with E-state index in [4.69, 9.17) is 16.3 Å². The summed E-state index contributed by atoms with van der Waals surface area (Å²) >= 11 is 9.77. The van der Waals surface area contributed by atoms with Gasteiger partial charge in [0.1, 0.15) is 5.75 Å². The van der Waals surface area contributed by atoms with Crippen LogP contribution in [0.4, 0.5) is 0 Å². The lowest BCUT2D eigenvalue weighted by molar-refractivity contribution is 0.143. The highest BCUT2D eigenvalue weighted by molar-refractivity contribution is 9.09. The van der Waals surface area contributed by atoms with Gasteiger partial charge in [-0.15, -0.1) is 0 Å². The van der Waals surface area contributed by atoms with Crippen LogP contribution < -0.4 is 4.74 Å². The molecule has 1 rings (SSSR count). The number of ether oxygens (including phenoxy) is 1. The highest BCUT2D eigenvalue weighted by atomic mass is 79.9. The number of halogens is 2. The summed E-state index contributed by atoms with van der Waals surface area (Å²) in [7, 11) is 0. The SMILES string of the molecule is CCCC(CBr)(CCC)COc1c(C)cc(Cl)cc1C. The smallest absolute Gasteiger partial charge is 0.125 e. The fourth-order valence-electron chi connectivity index (χ4n) is 2.85. The third kappa shape index (κ3) is 4.66. The van der Waals surface area contributed by atoms with E-state index in [2.05, 4.69) is 43.6 Å². The molecule has 20 heavy (non-hydrogen) atoms. The maximum absolute atomic E-state index is 6.20. The molecule has 0 bridgehead atoms. The molecule has 0 heterocycles. The Bertz CT molecular complexity index is 402. The average molecular weight is 362 g/mol. The van der Waals surface area contributed by atoms with E-state index in [1.54, 1.807) is 0 Å². The van der Waals surface area contributed by atoms with Gasteiger partial charge in [0.05, 0.1) is 6.61 Å². The minimum Gasteiger partial charge on any atom is -0.492 e. The predicted molar refractivity (Wildman–Crippen MR) is 92.5 cm³/mol. The Morgan fingerprint density at radius 3 is 2.00 bits per heavy atom. The van der Waals surface area contributed by atoms with Crippen molar-refractivity contribution < 1.29 is 4.74 Å². The van der Waals surface area contributed by atoms with Gasteiger partial charge in [-0.05, 0) is 49.9 Å². The van der Waals surface area contributed by atoms with Crippen LogP contribution in [0.2, 0.25) is 5.02 Å². The molecule has 0 unspecified atom stereocenters. The van der Waals surface area contributed by atoms with Gasteiger partial charge in [0.2, 0.25) is 0 Å². The molecule has 0 aromatic heterocycles. The van der Waals surface area contributed by atoms with Crippen molar-refractivity contribution in [1.82, 2.24) is 0 Å². The molecular formula is C17H26BrClO. The maximum atomic E-state index is 6.20. The lowest BCUT2D eigenvalue weighted by atomic mass is 9.82. The standard InChI is InChI=1S/C17H26BrClO/c1-5-7-17(11-18,8-6-2)12-20-16-13(3)9-15(19)10-14(16)4/h9-10H,5-8,11-12H2,1-4H3. The van der Waals surface area contributed by atoms with Crippen LogP contribution in [0.1, 0.15) is 50.7 Å². The van der Waals surface area contributed by atoms with E-state index < -0.39 is 0 Å². The molecule has 0 aliphatic rings. The van der Waals surface area contributed by atoms with Crippen LogP contribution in [0.15, 0.2) is 12.1 Å². The fraction of sp³-hybridized carbons (Fsp3) is 0.647. The van der Waals surface area contributed by atoms with Gasteiger partial charge >= 0.3 is 0 Å². The minimum absolute atomic E-state index is 0.238.